The fourth-order valence-electron chi connectivity index (χ4n) is 2.08. The molecule has 19 heavy (non-hydrogen) atoms. The Balaban J connectivity index is 2.76. The molecule has 0 radical (unpaired) electrons. The van der Waals surface area contributed by atoms with Gasteiger partial charge in [0, 0.05) is 19.3 Å². The molecule has 0 aromatic carbocycles. The zero-order valence-corrected chi connectivity index (χ0v) is 12.7. The normalized spacial score (nSPS) is 18.2. The third-order valence-electron chi connectivity index (χ3n) is 2.82. The summed E-state index contributed by atoms with van der Waals surface area (Å²) in [6, 6.07) is 0.0787. The highest BCUT2D eigenvalue weighted by Gasteiger charge is 2.33. The number of carbonyl (C=O) groups is 1. The van der Waals surface area contributed by atoms with E-state index in [1.54, 1.807) is 18.7 Å². The maximum Gasteiger partial charge on any atom is 0.410 e. The molecule has 1 N–H and O–H groups in total. The maximum atomic E-state index is 12.3. The fraction of sp³-hybridized carbons (Fsp3) is 0.929. The maximum absolute atomic E-state index is 12.3. The van der Waals surface area contributed by atoms with Crippen LogP contribution in [0.5, 0.6) is 0 Å². The standard InChI is InChI=1S/C14H27NO4/c1-13(2,3)19-12(16)15(10-14(4,5)17)11-6-8-18-9-7-11/h11,17H,6-10H2,1-5H3. The first-order chi connectivity index (χ1) is 8.58. The Morgan fingerprint density at radius 3 is 2.21 bits per heavy atom. The molecule has 0 unspecified atom stereocenters. The molecule has 5 heteroatoms. The van der Waals surface area contributed by atoms with Crippen LogP contribution in [0.4, 0.5) is 4.79 Å². The molecule has 0 aliphatic carbocycles. The summed E-state index contributed by atoms with van der Waals surface area (Å²) in [5, 5.41) is 9.99. The summed E-state index contributed by atoms with van der Waals surface area (Å²) >= 11 is 0. The molecule has 0 aromatic heterocycles. The van der Waals surface area contributed by atoms with Crippen LogP contribution in [-0.2, 0) is 9.47 Å². The number of hydrogen-bond acceptors (Lipinski definition) is 4. The Morgan fingerprint density at radius 2 is 1.79 bits per heavy atom. The summed E-state index contributed by atoms with van der Waals surface area (Å²) in [6.07, 6.45) is 1.21. The number of carbonyl (C=O) groups excluding carboxylic acids is 1. The van der Waals surface area contributed by atoms with Gasteiger partial charge in [-0.2, -0.15) is 0 Å². The fourth-order valence-corrected chi connectivity index (χ4v) is 2.08. The molecule has 1 heterocycles. The van der Waals surface area contributed by atoms with E-state index < -0.39 is 11.2 Å². The Kier molecular flexibility index (Phi) is 5.21. The van der Waals surface area contributed by atoms with E-state index in [0.717, 1.165) is 12.8 Å². The van der Waals surface area contributed by atoms with Crippen LogP contribution in [0.1, 0.15) is 47.5 Å². The Bertz CT molecular complexity index is 298. The quantitative estimate of drug-likeness (QED) is 0.856. The minimum absolute atomic E-state index is 0.0787. The topological polar surface area (TPSA) is 59.0 Å². The molecule has 0 spiro atoms. The van der Waals surface area contributed by atoms with Crippen LogP contribution in [0.25, 0.3) is 0 Å². The lowest BCUT2D eigenvalue weighted by Crippen LogP contribution is -2.51. The van der Waals surface area contributed by atoms with Gasteiger partial charge in [0.05, 0.1) is 12.1 Å². The summed E-state index contributed by atoms with van der Waals surface area (Å²) < 4.78 is 10.8. The van der Waals surface area contributed by atoms with E-state index in [9.17, 15) is 9.90 Å². The Labute approximate surface area is 115 Å². The van der Waals surface area contributed by atoms with Crippen molar-refractivity contribution >= 4 is 6.09 Å². The number of hydrogen-bond donors (Lipinski definition) is 1. The van der Waals surface area contributed by atoms with Gasteiger partial charge in [0.2, 0.25) is 0 Å². The highest BCUT2D eigenvalue weighted by atomic mass is 16.6. The Morgan fingerprint density at radius 1 is 1.26 bits per heavy atom. The third kappa shape index (κ3) is 6.25. The highest BCUT2D eigenvalue weighted by Crippen LogP contribution is 2.20. The second-order valence-electron chi connectivity index (χ2n) is 6.76. The Hall–Kier alpha value is -0.810. The van der Waals surface area contributed by atoms with Crippen LogP contribution in [0.3, 0.4) is 0 Å². The molecule has 0 saturated carbocycles. The monoisotopic (exact) mass is 273 g/mol. The van der Waals surface area contributed by atoms with Crippen molar-refractivity contribution in [2.24, 2.45) is 0 Å². The van der Waals surface area contributed by atoms with Crippen LogP contribution in [0.2, 0.25) is 0 Å². The summed E-state index contributed by atoms with van der Waals surface area (Å²) in [7, 11) is 0. The zero-order valence-electron chi connectivity index (χ0n) is 12.7. The lowest BCUT2D eigenvalue weighted by molar-refractivity contribution is -0.0338. The van der Waals surface area contributed by atoms with Gasteiger partial charge in [-0.1, -0.05) is 0 Å². The van der Waals surface area contributed by atoms with Crippen molar-refractivity contribution in [3.05, 3.63) is 0 Å². The van der Waals surface area contributed by atoms with E-state index in [4.69, 9.17) is 9.47 Å². The smallest absolute Gasteiger partial charge is 0.410 e. The highest BCUT2D eigenvalue weighted by molar-refractivity contribution is 5.68. The van der Waals surface area contributed by atoms with Crippen LogP contribution < -0.4 is 0 Å². The van der Waals surface area contributed by atoms with Crippen molar-refractivity contribution in [3.63, 3.8) is 0 Å². The second kappa shape index (κ2) is 6.09. The van der Waals surface area contributed by atoms with Crippen molar-refractivity contribution < 1.29 is 19.4 Å². The zero-order chi connectivity index (χ0) is 14.7. The summed E-state index contributed by atoms with van der Waals surface area (Å²) in [6.45, 7) is 10.5. The minimum atomic E-state index is -0.935. The molecule has 112 valence electrons. The van der Waals surface area contributed by atoms with Gasteiger partial charge in [-0.15, -0.1) is 0 Å². The van der Waals surface area contributed by atoms with Crippen molar-refractivity contribution in [1.29, 1.82) is 0 Å². The summed E-state index contributed by atoms with van der Waals surface area (Å²) in [4.78, 5) is 13.9. The van der Waals surface area contributed by atoms with Gasteiger partial charge >= 0.3 is 6.09 Å². The molecule has 0 aromatic rings. The predicted octanol–water partition coefficient (Wildman–Crippen LogP) is 2.17. The van der Waals surface area contributed by atoms with Gasteiger partial charge in [0.1, 0.15) is 5.60 Å². The van der Waals surface area contributed by atoms with Gasteiger partial charge in [-0.25, -0.2) is 4.79 Å². The van der Waals surface area contributed by atoms with Gasteiger partial charge in [-0.3, -0.25) is 0 Å². The van der Waals surface area contributed by atoms with E-state index >= 15 is 0 Å². The molecule has 0 atom stereocenters. The van der Waals surface area contributed by atoms with E-state index in [1.807, 2.05) is 20.8 Å². The molecular weight excluding hydrogens is 246 g/mol. The average molecular weight is 273 g/mol. The van der Waals surface area contributed by atoms with Crippen molar-refractivity contribution in [3.8, 4) is 0 Å². The van der Waals surface area contributed by atoms with Gasteiger partial charge in [-0.05, 0) is 47.5 Å². The molecule has 1 amide bonds. The number of amides is 1. The van der Waals surface area contributed by atoms with Crippen LogP contribution in [0.15, 0.2) is 0 Å². The molecule has 1 fully saturated rings. The number of rotatable bonds is 3. The largest absolute Gasteiger partial charge is 0.444 e. The van der Waals surface area contributed by atoms with E-state index in [1.165, 1.54) is 0 Å². The minimum Gasteiger partial charge on any atom is -0.444 e. The van der Waals surface area contributed by atoms with Crippen molar-refractivity contribution in [2.45, 2.75) is 64.7 Å². The van der Waals surface area contributed by atoms with Crippen molar-refractivity contribution in [1.82, 2.24) is 4.90 Å². The number of nitrogens with zero attached hydrogens (tertiary/aromatic N) is 1. The van der Waals surface area contributed by atoms with Crippen molar-refractivity contribution in [2.75, 3.05) is 19.8 Å². The average Bonchev–Trinajstić information content (AvgIpc) is 2.23. The van der Waals surface area contributed by atoms with Crippen LogP contribution in [0, 0.1) is 0 Å². The first kappa shape index (κ1) is 16.2. The van der Waals surface area contributed by atoms with Crippen LogP contribution in [-0.4, -0.2) is 53.1 Å². The van der Waals surface area contributed by atoms with Gasteiger partial charge in [0.15, 0.2) is 0 Å². The lowest BCUT2D eigenvalue weighted by atomic mass is 10.0. The predicted molar refractivity (Wildman–Crippen MR) is 73.1 cm³/mol. The second-order valence-corrected chi connectivity index (χ2v) is 6.76. The molecule has 1 aliphatic rings. The molecule has 1 rings (SSSR count). The number of aliphatic hydroxyl groups is 1. The third-order valence-corrected chi connectivity index (χ3v) is 2.82. The molecule has 1 aliphatic heterocycles. The van der Waals surface area contributed by atoms with E-state index in [0.29, 0.717) is 13.2 Å². The van der Waals surface area contributed by atoms with E-state index in [2.05, 4.69) is 0 Å². The van der Waals surface area contributed by atoms with Crippen LogP contribution >= 0.6 is 0 Å². The first-order valence-electron chi connectivity index (χ1n) is 6.88. The van der Waals surface area contributed by atoms with Gasteiger partial charge in [0.25, 0.3) is 0 Å². The van der Waals surface area contributed by atoms with Gasteiger partial charge < -0.3 is 19.5 Å². The molecule has 1 saturated heterocycles. The molecular formula is C14H27NO4. The molecule has 5 nitrogen and oxygen atoms in total. The SMILES string of the molecule is CC(C)(O)CN(C(=O)OC(C)(C)C)C1CCOCC1. The van der Waals surface area contributed by atoms with E-state index in [-0.39, 0.29) is 18.7 Å². The molecule has 0 bridgehead atoms. The summed E-state index contributed by atoms with van der Waals surface area (Å²) in [5.74, 6) is 0. The summed E-state index contributed by atoms with van der Waals surface area (Å²) in [5.41, 5.74) is -1.46. The number of ether oxygens (including phenoxy) is 2. The lowest BCUT2D eigenvalue weighted by Gasteiger charge is -2.38. The first-order valence-corrected chi connectivity index (χ1v) is 6.88.